The van der Waals surface area contributed by atoms with E-state index in [-0.39, 0.29) is 37.9 Å². The monoisotopic (exact) mass is 488 g/mol. The number of nitrogens with zero attached hydrogens (tertiary/aromatic N) is 4. The summed E-state index contributed by atoms with van der Waals surface area (Å²) in [6.07, 6.45) is 3.29. The number of rotatable bonds is 11. The molecule has 0 unspecified atom stereocenters. The maximum Gasteiger partial charge on any atom is 0.338 e. The minimum atomic E-state index is -2.81. The van der Waals surface area contributed by atoms with Crippen molar-refractivity contribution in [3.05, 3.63) is 59.9 Å². The molecule has 3 aromatic heterocycles. The Bertz CT molecular complexity index is 1310. The molecule has 0 saturated heterocycles. The molecule has 0 amide bonds. The maximum atomic E-state index is 13.3. The van der Waals surface area contributed by atoms with Crippen molar-refractivity contribution in [1.82, 2.24) is 19.5 Å². The molecular formula is C23H22F2N4O6. The lowest BCUT2D eigenvalue weighted by atomic mass is 10.1. The SMILES string of the molecule is CCc1cc(Oc2nccn3c(-c4conc4C(F)F)cnc23)ccc1C(=O)OCCOCCO. The zero-order valence-corrected chi connectivity index (χ0v) is 18.7. The van der Waals surface area contributed by atoms with Crippen LogP contribution in [0.15, 0.2) is 47.6 Å². The van der Waals surface area contributed by atoms with Gasteiger partial charge in [-0.3, -0.25) is 4.40 Å². The number of aryl methyl sites for hydroxylation is 1. The van der Waals surface area contributed by atoms with Gasteiger partial charge in [0.2, 0.25) is 5.65 Å². The van der Waals surface area contributed by atoms with E-state index in [0.717, 1.165) is 6.26 Å². The number of ether oxygens (including phenoxy) is 3. The Morgan fingerprint density at radius 2 is 2.09 bits per heavy atom. The highest BCUT2D eigenvalue weighted by Gasteiger charge is 2.23. The van der Waals surface area contributed by atoms with Crippen LogP contribution in [0.2, 0.25) is 0 Å². The molecule has 0 spiro atoms. The van der Waals surface area contributed by atoms with Crippen molar-refractivity contribution in [1.29, 1.82) is 0 Å². The lowest BCUT2D eigenvalue weighted by Crippen LogP contribution is -2.13. The normalized spacial score (nSPS) is 11.3. The van der Waals surface area contributed by atoms with Crippen LogP contribution in [0.5, 0.6) is 11.6 Å². The molecule has 0 aliphatic carbocycles. The fourth-order valence-electron chi connectivity index (χ4n) is 3.44. The summed E-state index contributed by atoms with van der Waals surface area (Å²) in [5, 5.41) is 12.1. The van der Waals surface area contributed by atoms with Crippen molar-refractivity contribution in [2.75, 3.05) is 26.4 Å². The first-order valence-corrected chi connectivity index (χ1v) is 10.7. The summed E-state index contributed by atoms with van der Waals surface area (Å²) in [5.74, 6) is 0.0583. The molecule has 0 radical (unpaired) electrons. The first-order chi connectivity index (χ1) is 17.0. The third kappa shape index (κ3) is 5.28. The Kier molecular flexibility index (Phi) is 7.63. The van der Waals surface area contributed by atoms with Crippen LogP contribution < -0.4 is 4.74 Å². The van der Waals surface area contributed by atoms with E-state index in [9.17, 15) is 13.6 Å². The summed E-state index contributed by atoms with van der Waals surface area (Å²) in [7, 11) is 0. The molecule has 0 atom stereocenters. The van der Waals surface area contributed by atoms with Gasteiger partial charge in [-0.05, 0) is 30.2 Å². The molecule has 35 heavy (non-hydrogen) atoms. The summed E-state index contributed by atoms with van der Waals surface area (Å²) < 4.78 is 49.0. The smallest absolute Gasteiger partial charge is 0.338 e. The Morgan fingerprint density at radius 1 is 1.23 bits per heavy atom. The maximum absolute atomic E-state index is 13.3. The van der Waals surface area contributed by atoms with Gasteiger partial charge in [-0.25, -0.2) is 23.5 Å². The largest absolute Gasteiger partial charge is 0.460 e. The van der Waals surface area contributed by atoms with E-state index in [0.29, 0.717) is 34.6 Å². The third-order valence-corrected chi connectivity index (χ3v) is 5.06. The number of hydrogen-bond acceptors (Lipinski definition) is 9. The van der Waals surface area contributed by atoms with E-state index in [1.165, 1.54) is 12.4 Å². The number of halogens is 2. The summed E-state index contributed by atoms with van der Waals surface area (Å²) in [5.41, 5.74) is 1.37. The van der Waals surface area contributed by atoms with Crippen LogP contribution >= 0.6 is 0 Å². The van der Waals surface area contributed by atoms with Gasteiger partial charge < -0.3 is 23.8 Å². The predicted molar refractivity (Wildman–Crippen MR) is 118 cm³/mol. The van der Waals surface area contributed by atoms with Crippen molar-refractivity contribution in [3.8, 4) is 22.9 Å². The third-order valence-electron chi connectivity index (χ3n) is 5.06. The van der Waals surface area contributed by atoms with Crippen LogP contribution in [0.1, 0.15) is 35.0 Å². The molecule has 3 heterocycles. The standard InChI is InChI=1S/C23H22F2N4O6/c1-2-14-11-15(3-4-16(14)23(31)33-10-9-32-8-7-30)35-22-21-27-12-18(29(21)6-5-26-22)17-13-34-28-19(17)20(24)25/h3-6,11-13,20,30H,2,7-10H2,1H3. The quantitative estimate of drug-likeness (QED) is 0.248. The summed E-state index contributed by atoms with van der Waals surface area (Å²) >= 11 is 0. The lowest BCUT2D eigenvalue weighted by Gasteiger charge is -2.12. The highest BCUT2D eigenvalue weighted by molar-refractivity contribution is 5.91. The topological polar surface area (TPSA) is 121 Å². The minimum Gasteiger partial charge on any atom is -0.460 e. The molecule has 12 heteroatoms. The van der Waals surface area contributed by atoms with Gasteiger partial charge >= 0.3 is 5.97 Å². The van der Waals surface area contributed by atoms with Gasteiger partial charge in [0.15, 0.2) is 5.69 Å². The molecule has 0 aliphatic rings. The fourth-order valence-corrected chi connectivity index (χ4v) is 3.44. The van der Waals surface area contributed by atoms with Gasteiger partial charge in [-0.1, -0.05) is 12.1 Å². The zero-order chi connectivity index (χ0) is 24.8. The van der Waals surface area contributed by atoms with Crippen LogP contribution in [0, 0.1) is 0 Å². The summed E-state index contributed by atoms with van der Waals surface area (Å²) in [6, 6.07) is 4.89. The van der Waals surface area contributed by atoms with E-state index in [1.54, 1.807) is 28.8 Å². The van der Waals surface area contributed by atoms with E-state index in [2.05, 4.69) is 15.1 Å². The molecule has 4 aromatic rings. The number of imidazole rings is 1. The van der Waals surface area contributed by atoms with Gasteiger partial charge in [0.1, 0.15) is 18.6 Å². The van der Waals surface area contributed by atoms with Crippen molar-refractivity contribution in [2.24, 2.45) is 0 Å². The Morgan fingerprint density at radius 3 is 2.86 bits per heavy atom. The van der Waals surface area contributed by atoms with Crippen LogP contribution in [0.3, 0.4) is 0 Å². The van der Waals surface area contributed by atoms with Gasteiger partial charge in [-0.15, -0.1) is 0 Å². The van der Waals surface area contributed by atoms with Crippen molar-refractivity contribution < 1.29 is 37.4 Å². The summed E-state index contributed by atoms with van der Waals surface area (Å²) in [6.45, 7) is 2.21. The second-order valence-corrected chi connectivity index (χ2v) is 7.23. The average Bonchev–Trinajstić information content (AvgIpc) is 3.51. The van der Waals surface area contributed by atoms with Crippen LogP contribution in [-0.2, 0) is 15.9 Å². The Balaban J connectivity index is 1.55. The minimum absolute atomic E-state index is 0.0633. The van der Waals surface area contributed by atoms with Crippen LogP contribution in [0.4, 0.5) is 8.78 Å². The molecule has 1 aromatic carbocycles. The number of alkyl halides is 2. The fraction of sp³-hybridized carbons (Fsp3) is 0.304. The molecule has 184 valence electrons. The molecule has 10 nitrogen and oxygen atoms in total. The first kappa shape index (κ1) is 24.2. The second kappa shape index (κ2) is 11.0. The lowest BCUT2D eigenvalue weighted by molar-refractivity contribution is 0.0257. The average molecular weight is 488 g/mol. The van der Waals surface area contributed by atoms with Crippen LogP contribution in [-0.4, -0.2) is 57.0 Å². The molecule has 1 N–H and O–H groups in total. The van der Waals surface area contributed by atoms with Crippen molar-refractivity contribution in [3.63, 3.8) is 0 Å². The number of hydrogen-bond donors (Lipinski definition) is 1. The highest BCUT2D eigenvalue weighted by Crippen LogP contribution is 2.33. The van der Waals surface area contributed by atoms with E-state index in [4.69, 9.17) is 23.8 Å². The summed E-state index contributed by atoms with van der Waals surface area (Å²) in [4.78, 5) is 20.9. The van der Waals surface area contributed by atoms with Gasteiger partial charge in [-0.2, -0.15) is 0 Å². The number of benzene rings is 1. The molecule has 4 rings (SSSR count). The molecule has 0 saturated carbocycles. The molecule has 0 bridgehead atoms. The van der Waals surface area contributed by atoms with E-state index >= 15 is 0 Å². The second-order valence-electron chi connectivity index (χ2n) is 7.23. The van der Waals surface area contributed by atoms with Crippen molar-refractivity contribution >= 4 is 11.6 Å². The Hall–Kier alpha value is -3.90. The number of fused-ring (bicyclic) bond motifs is 1. The van der Waals surface area contributed by atoms with Gasteiger partial charge in [0.25, 0.3) is 12.3 Å². The first-order valence-electron chi connectivity index (χ1n) is 10.7. The number of esters is 1. The van der Waals surface area contributed by atoms with Crippen molar-refractivity contribution in [2.45, 2.75) is 19.8 Å². The Labute approximate surface area is 198 Å². The number of carbonyl (C=O) groups is 1. The molecular weight excluding hydrogens is 466 g/mol. The number of aromatic nitrogens is 4. The number of aliphatic hydroxyl groups excluding tert-OH is 1. The van der Waals surface area contributed by atoms with Crippen LogP contribution in [0.25, 0.3) is 16.9 Å². The van der Waals surface area contributed by atoms with E-state index < -0.39 is 18.1 Å². The van der Waals surface area contributed by atoms with Gasteiger partial charge in [0.05, 0.1) is 42.8 Å². The van der Waals surface area contributed by atoms with E-state index in [1.807, 2.05) is 6.92 Å². The highest BCUT2D eigenvalue weighted by atomic mass is 19.3. The molecule has 0 fully saturated rings. The number of aliphatic hydroxyl groups is 1. The number of carbonyl (C=O) groups excluding carboxylic acids is 1. The predicted octanol–water partition coefficient (Wildman–Crippen LogP) is 3.84. The molecule has 0 aliphatic heterocycles. The van der Waals surface area contributed by atoms with Gasteiger partial charge in [0, 0.05) is 12.4 Å². The zero-order valence-electron chi connectivity index (χ0n) is 18.7.